The molecule has 1 amide bonds. The molecule has 0 aromatic carbocycles. The summed E-state index contributed by atoms with van der Waals surface area (Å²) < 4.78 is 0. The summed E-state index contributed by atoms with van der Waals surface area (Å²) in [6.45, 7) is 8.80. The molecule has 0 radical (unpaired) electrons. The smallest absolute Gasteiger partial charge is 0.254 e. The highest BCUT2D eigenvalue weighted by molar-refractivity contribution is 5.98. The minimum Gasteiger partial charge on any atom is -0.383 e. The van der Waals surface area contributed by atoms with E-state index in [2.05, 4.69) is 28.7 Å². The molecule has 0 atom stereocenters. The fourth-order valence-electron chi connectivity index (χ4n) is 1.87. The number of hydrogen-bond donors (Lipinski definition) is 2. The lowest BCUT2D eigenvalue weighted by atomic mass is 10.2. The molecule has 1 aromatic heterocycles. The molecule has 100 valence electrons. The van der Waals surface area contributed by atoms with Gasteiger partial charge in [-0.15, -0.1) is 0 Å². The molecule has 18 heavy (non-hydrogen) atoms. The number of aryl methyl sites for hydroxylation is 1. The monoisotopic (exact) mass is 251 g/mol. The van der Waals surface area contributed by atoms with Crippen molar-refractivity contribution in [1.29, 1.82) is 0 Å². The van der Waals surface area contributed by atoms with Crippen molar-refractivity contribution in [3.05, 3.63) is 17.1 Å². The highest BCUT2D eigenvalue weighted by Crippen LogP contribution is 2.12. The average molecular weight is 251 g/mol. The molecule has 1 aromatic rings. The van der Waals surface area contributed by atoms with Gasteiger partial charge in [0.1, 0.15) is 17.2 Å². The van der Waals surface area contributed by atoms with Crippen LogP contribution in [0, 0.1) is 6.92 Å². The number of primary amides is 1. The first-order valence-corrected chi connectivity index (χ1v) is 6.14. The molecular weight excluding hydrogens is 230 g/mol. The van der Waals surface area contributed by atoms with Gasteiger partial charge in [0.15, 0.2) is 0 Å². The number of likely N-dealkylation sites (N-methyl/N-ethyl adjacent to an activating group) is 1. The van der Waals surface area contributed by atoms with Crippen molar-refractivity contribution >= 4 is 11.7 Å². The summed E-state index contributed by atoms with van der Waals surface area (Å²) in [5.74, 6) is 0.242. The summed E-state index contributed by atoms with van der Waals surface area (Å²) in [6, 6.07) is 0. The summed E-state index contributed by atoms with van der Waals surface area (Å²) in [4.78, 5) is 21.9. The molecule has 6 heteroatoms. The van der Waals surface area contributed by atoms with Gasteiger partial charge in [0.25, 0.3) is 5.91 Å². The summed E-state index contributed by atoms with van der Waals surface area (Å²) >= 11 is 0. The first-order chi connectivity index (χ1) is 8.49. The second-order valence-corrected chi connectivity index (χ2v) is 4.13. The second kappa shape index (κ2) is 6.30. The van der Waals surface area contributed by atoms with Gasteiger partial charge in [-0.05, 0) is 20.0 Å². The van der Waals surface area contributed by atoms with Gasteiger partial charge >= 0.3 is 0 Å². The average Bonchev–Trinajstić information content (AvgIpc) is 2.28. The van der Waals surface area contributed by atoms with E-state index in [9.17, 15) is 4.79 Å². The van der Waals surface area contributed by atoms with E-state index >= 15 is 0 Å². The SMILES string of the molecule is CCN(CC)CCc1nc(C)c(C(N)=O)c(N)n1. The van der Waals surface area contributed by atoms with E-state index in [0.29, 0.717) is 17.9 Å². The Morgan fingerprint density at radius 3 is 2.33 bits per heavy atom. The molecule has 0 aliphatic carbocycles. The van der Waals surface area contributed by atoms with E-state index in [0.717, 1.165) is 19.6 Å². The Morgan fingerprint density at radius 1 is 1.28 bits per heavy atom. The number of rotatable bonds is 6. The number of nitrogen functional groups attached to an aromatic ring is 1. The maximum absolute atomic E-state index is 11.2. The van der Waals surface area contributed by atoms with Crippen molar-refractivity contribution in [3.63, 3.8) is 0 Å². The number of aromatic nitrogens is 2. The van der Waals surface area contributed by atoms with Crippen molar-refractivity contribution in [3.8, 4) is 0 Å². The van der Waals surface area contributed by atoms with Gasteiger partial charge in [0.05, 0.1) is 5.69 Å². The molecule has 0 fully saturated rings. The molecule has 0 aliphatic rings. The summed E-state index contributed by atoms with van der Waals surface area (Å²) in [5, 5.41) is 0. The zero-order valence-corrected chi connectivity index (χ0v) is 11.2. The van der Waals surface area contributed by atoms with Crippen molar-refractivity contribution in [2.75, 3.05) is 25.4 Å². The van der Waals surface area contributed by atoms with Crippen LogP contribution in [0.25, 0.3) is 0 Å². The minimum atomic E-state index is -0.583. The molecule has 0 spiro atoms. The topological polar surface area (TPSA) is 98.1 Å². The number of hydrogen-bond acceptors (Lipinski definition) is 5. The molecular formula is C12H21N5O. The Bertz CT molecular complexity index is 405. The highest BCUT2D eigenvalue weighted by atomic mass is 16.1. The van der Waals surface area contributed by atoms with Gasteiger partial charge in [0, 0.05) is 13.0 Å². The first kappa shape index (κ1) is 14.4. The Labute approximate surface area is 107 Å². The minimum absolute atomic E-state index is 0.171. The van der Waals surface area contributed by atoms with Gasteiger partial charge in [-0.2, -0.15) is 0 Å². The molecule has 1 rings (SSSR count). The number of nitrogens with two attached hydrogens (primary N) is 2. The molecule has 0 saturated carbocycles. The Balaban J connectivity index is 2.83. The standard InChI is InChI=1S/C12H21N5O/c1-4-17(5-2)7-6-9-15-8(3)10(12(14)18)11(13)16-9/h4-7H2,1-3H3,(H2,14,18)(H2,13,15,16). The molecule has 6 nitrogen and oxygen atoms in total. The predicted molar refractivity (Wildman–Crippen MR) is 71.2 cm³/mol. The third-order valence-electron chi connectivity index (χ3n) is 2.96. The zero-order chi connectivity index (χ0) is 13.7. The van der Waals surface area contributed by atoms with E-state index in [4.69, 9.17) is 11.5 Å². The first-order valence-electron chi connectivity index (χ1n) is 6.14. The maximum atomic E-state index is 11.2. The summed E-state index contributed by atoms with van der Waals surface area (Å²) in [6.07, 6.45) is 0.714. The van der Waals surface area contributed by atoms with Crippen LogP contribution in [0.15, 0.2) is 0 Å². The summed E-state index contributed by atoms with van der Waals surface area (Å²) in [5.41, 5.74) is 11.7. The van der Waals surface area contributed by atoms with Crippen molar-refractivity contribution < 1.29 is 4.79 Å². The predicted octanol–water partition coefficient (Wildman–Crippen LogP) is 0.350. The van der Waals surface area contributed by atoms with Crippen LogP contribution in [0.3, 0.4) is 0 Å². The Morgan fingerprint density at radius 2 is 1.89 bits per heavy atom. The maximum Gasteiger partial charge on any atom is 0.254 e. The van der Waals surface area contributed by atoms with Crippen LogP contribution >= 0.6 is 0 Å². The van der Waals surface area contributed by atoms with E-state index in [-0.39, 0.29) is 11.4 Å². The number of carbonyl (C=O) groups is 1. The lowest BCUT2D eigenvalue weighted by molar-refractivity contribution is 0.1000. The number of nitrogens with zero attached hydrogens (tertiary/aromatic N) is 3. The quantitative estimate of drug-likeness (QED) is 0.760. The van der Waals surface area contributed by atoms with Crippen LogP contribution < -0.4 is 11.5 Å². The third kappa shape index (κ3) is 3.40. The summed E-state index contributed by atoms with van der Waals surface area (Å²) in [7, 11) is 0. The normalized spacial score (nSPS) is 10.9. The Kier molecular flexibility index (Phi) is 5.03. The van der Waals surface area contributed by atoms with Crippen LogP contribution in [0.1, 0.15) is 35.7 Å². The van der Waals surface area contributed by atoms with Gasteiger partial charge < -0.3 is 16.4 Å². The largest absolute Gasteiger partial charge is 0.383 e. The van der Waals surface area contributed by atoms with E-state index in [1.54, 1.807) is 6.92 Å². The van der Waals surface area contributed by atoms with E-state index < -0.39 is 5.91 Å². The molecule has 0 aliphatic heterocycles. The van der Waals surface area contributed by atoms with Crippen molar-refractivity contribution in [1.82, 2.24) is 14.9 Å². The fourth-order valence-corrected chi connectivity index (χ4v) is 1.87. The van der Waals surface area contributed by atoms with Crippen LogP contribution in [0.4, 0.5) is 5.82 Å². The highest BCUT2D eigenvalue weighted by Gasteiger charge is 2.14. The van der Waals surface area contributed by atoms with Crippen LogP contribution in [0.2, 0.25) is 0 Å². The van der Waals surface area contributed by atoms with E-state index in [1.807, 2.05) is 0 Å². The van der Waals surface area contributed by atoms with Gasteiger partial charge in [0.2, 0.25) is 0 Å². The van der Waals surface area contributed by atoms with Gasteiger partial charge in [-0.1, -0.05) is 13.8 Å². The molecule has 1 heterocycles. The van der Waals surface area contributed by atoms with E-state index in [1.165, 1.54) is 0 Å². The van der Waals surface area contributed by atoms with Gasteiger partial charge in [-0.25, -0.2) is 9.97 Å². The fraction of sp³-hybridized carbons (Fsp3) is 0.583. The van der Waals surface area contributed by atoms with Crippen LogP contribution in [0.5, 0.6) is 0 Å². The lowest BCUT2D eigenvalue weighted by Crippen LogP contribution is -2.26. The lowest BCUT2D eigenvalue weighted by Gasteiger charge is -2.17. The van der Waals surface area contributed by atoms with Crippen LogP contribution in [-0.2, 0) is 6.42 Å². The van der Waals surface area contributed by atoms with Crippen molar-refractivity contribution in [2.24, 2.45) is 5.73 Å². The van der Waals surface area contributed by atoms with Crippen LogP contribution in [-0.4, -0.2) is 40.4 Å². The van der Waals surface area contributed by atoms with Gasteiger partial charge in [-0.3, -0.25) is 4.79 Å². The Hall–Kier alpha value is -1.69. The zero-order valence-electron chi connectivity index (χ0n) is 11.2. The molecule has 0 saturated heterocycles. The van der Waals surface area contributed by atoms with Crippen molar-refractivity contribution in [2.45, 2.75) is 27.2 Å². The number of amides is 1. The number of anilines is 1. The number of carbonyl (C=O) groups excluding carboxylic acids is 1. The molecule has 4 N–H and O–H groups in total. The third-order valence-corrected chi connectivity index (χ3v) is 2.96. The molecule has 0 unspecified atom stereocenters. The molecule has 0 bridgehead atoms. The second-order valence-electron chi connectivity index (χ2n) is 4.13.